The molecule has 2 aromatic rings. The first kappa shape index (κ1) is 14.4. The fourth-order valence-corrected chi connectivity index (χ4v) is 2.59. The van der Waals surface area contributed by atoms with Crippen molar-refractivity contribution in [3.8, 4) is 0 Å². The Morgan fingerprint density at radius 1 is 1.16 bits per heavy atom. The summed E-state index contributed by atoms with van der Waals surface area (Å²) in [6.07, 6.45) is 3.17. The molecular formula is C13H10Cl3FN2. The largest absolute Gasteiger partial charge is 0.376 e. The summed E-state index contributed by atoms with van der Waals surface area (Å²) < 4.78 is 13.5. The lowest BCUT2D eigenvalue weighted by Gasteiger charge is -2.19. The van der Waals surface area contributed by atoms with Crippen molar-refractivity contribution in [1.82, 2.24) is 4.98 Å². The number of hydrogen-bond acceptors (Lipinski definition) is 2. The second-order valence-electron chi connectivity index (χ2n) is 3.98. The molecule has 0 spiro atoms. The summed E-state index contributed by atoms with van der Waals surface area (Å²) in [5.41, 5.74) is 1.12. The first-order valence-corrected chi connectivity index (χ1v) is 6.63. The third-order valence-electron chi connectivity index (χ3n) is 2.65. The lowest BCUT2D eigenvalue weighted by Crippen LogP contribution is -2.09. The van der Waals surface area contributed by atoms with Gasteiger partial charge >= 0.3 is 0 Å². The minimum atomic E-state index is -0.507. The van der Waals surface area contributed by atoms with Crippen LogP contribution in [0.15, 0.2) is 30.6 Å². The predicted molar refractivity (Wildman–Crippen MR) is 77.7 cm³/mol. The average Bonchev–Trinajstić information content (AvgIpc) is 2.37. The van der Waals surface area contributed by atoms with Crippen molar-refractivity contribution in [3.63, 3.8) is 0 Å². The van der Waals surface area contributed by atoms with Crippen LogP contribution >= 0.6 is 34.8 Å². The number of nitrogens with one attached hydrogen (secondary N) is 1. The molecule has 1 atom stereocenters. The van der Waals surface area contributed by atoms with E-state index in [9.17, 15) is 4.39 Å². The van der Waals surface area contributed by atoms with Gasteiger partial charge in [-0.15, -0.1) is 0 Å². The van der Waals surface area contributed by atoms with E-state index in [1.165, 1.54) is 12.1 Å². The van der Waals surface area contributed by atoms with Crippen molar-refractivity contribution in [2.24, 2.45) is 0 Å². The number of anilines is 1. The molecule has 0 fully saturated rings. The Balaban J connectivity index is 2.33. The van der Waals surface area contributed by atoms with Crippen LogP contribution in [0.2, 0.25) is 15.1 Å². The molecule has 0 bridgehead atoms. The van der Waals surface area contributed by atoms with Crippen molar-refractivity contribution in [1.29, 1.82) is 0 Å². The quantitative estimate of drug-likeness (QED) is 0.771. The number of nitrogens with zero attached hydrogens (tertiary/aromatic N) is 1. The molecular weight excluding hydrogens is 310 g/mol. The third kappa shape index (κ3) is 3.11. The molecule has 6 heteroatoms. The van der Waals surface area contributed by atoms with Gasteiger partial charge in [0, 0.05) is 16.8 Å². The van der Waals surface area contributed by atoms with Crippen LogP contribution in [-0.2, 0) is 0 Å². The van der Waals surface area contributed by atoms with Crippen molar-refractivity contribution >= 4 is 40.5 Å². The van der Waals surface area contributed by atoms with Crippen LogP contribution < -0.4 is 5.32 Å². The van der Waals surface area contributed by atoms with E-state index >= 15 is 0 Å². The maximum atomic E-state index is 13.5. The highest BCUT2D eigenvalue weighted by molar-refractivity contribution is 6.36. The van der Waals surface area contributed by atoms with Gasteiger partial charge in [0.1, 0.15) is 5.82 Å². The van der Waals surface area contributed by atoms with Crippen LogP contribution in [0.1, 0.15) is 18.5 Å². The second-order valence-corrected chi connectivity index (χ2v) is 5.17. The van der Waals surface area contributed by atoms with Crippen LogP contribution in [0, 0.1) is 5.82 Å². The van der Waals surface area contributed by atoms with E-state index in [0.717, 1.165) is 0 Å². The number of pyridine rings is 1. The molecule has 2 rings (SSSR count). The molecule has 0 radical (unpaired) electrons. The van der Waals surface area contributed by atoms with Crippen LogP contribution in [0.25, 0.3) is 0 Å². The molecule has 2 nitrogen and oxygen atoms in total. The van der Waals surface area contributed by atoms with Crippen molar-refractivity contribution in [3.05, 3.63) is 57.0 Å². The molecule has 1 unspecified atom stereocenters. The van der Waals surface area contributed by atoms with Crippen molar-refractivity contribution in [2.45, 2.75) is 13.0 Å². The molecule has 1 aromatic carbocycles. The lowest BCUT2D eigenvalue weighted by molar-refractivity contribution is 0.624. The van der Waals surface area contributed by atoms with Gasteiger partial charge in [0.05, 0.1) is 28.0 Å². The SMILES string of the molecule is CC(Nc1cnccc1Cl)c1c(Cl)ccc(F)c1Cl. The number of hydrogen-bond donors (Lipinski definition) is 1. The smallest absolute Gasteiger partial charge is 0.142 e. The van der Waals surface area contributed by atoms with Gasteiger partial charge in [-0.25, -0.2) is 4.39 Å². The third-order valence-corrected chi connectivity index (χ3v) is 3.70. The van der Waals surface area contributed by atoms with Crippen LogP contribution in [0.4, 0.5) is 10.1 Å². The molecule has 1 heterocycles. The molecule has 0 aliphatic heterocycles. The summed E-state index contributed by atoms with van der Waals surface area (Å²) in [6.45, 7) is 1.82. The highest BCUT2D eigenvalue weighted by Gasteiger charge is 2.17. The van der Waals surface area contributed by atoms with E-state index in [1.54, 1.807) is 18.5 Å². The van der Waals surface area contributed by atoms with Crippen molar-refractivity contribution in [2.75, 3.05) is 5.32 Å². The Morgan fingerprint density at radius 3 is 2.58 bits per heavy atom. The molecule has 0 saturated carbocycles. The minimum absolute atomic E-state index is 0.00696. The summed E-state index contributed by atoms with van der Waals surface area (Å²) in [5, 5.41) is 4.03. The standard InChI is InChI=1S/C13H10Cl3FN2/c1-7(19-11-6-18-5-4-8(11)14)12-9(15)2-3-10(17)13(12)16/h2-7,19H,1H3. The summed E-state index contributed by atoms with van der Waals surface area (Å²) in [5.74, 6) is -0.507. The molecule has 0 amide bonds. The van der Waals surface area contributed by atoms with E-state index in [0.29, 0.717) is 21.3 Å². The molecule has 0 aliphatic rings. The van der Waals surface area contributed by atoms with Crippen LogP contribution in [0.3, 0.4) is 0 Å². The Hall–Kier alpha value is -1.03. The first-order valence-electron chi connectivity index (χ1n) is 5.50. The Morgan fingerprint density at radius 2 is 1.89 bits per heavy atom. The number of rotatable bonds is 3. The number of halogens is 4. The Bertz CT molecular complexity index is 604. The summed E-state index contributed by atoms with van der Waals surface area (Å²) in [6, 6.07) is 4.06. The maximum absolute atomic E-state index is 13.5. The number of benzene rings is 1. The lowest BCUT2D eigenvalue weighted by atomic mass is 10.1. The summed E-state index contributed by atoms with van der Waals surface area (Å²) in [4.78, 5) is 3.97. The van der Waals surface area contributed by atoms with Gasteiger partial charge in [0.2, 0.25) is 0 Å². The minimum Gasteiger partial charge on any atom is -0.376 e. The Kier molecular flexibility index (Phi) is 4.50. The van der Waals surface area contributed by atoms with Gasteiger partial charge in [-0.2, -0.15) is 0 Å². The van der Waals surface area contributed by atoms with Gasteiger partial charge in [0.15, 0.2) is 0 Å². The second kappa shape index (κ2) is 5.95. The van der Waals surface area contributed by atoms with Crippen LogP contribution in [-0.4, -0.2) is 4.98 Å². The average molecular weight is 320 g/mol. The predicted octanol–water partition coefficient (Wildman–Crippen LogP) is 5.35. The zero-order valence-corrected chi connectivity index (χ0v) is 12.2. The fraction of sp³-hybridized carbons (Fsp3) is 0.154. The topological polar surface area (TPSA) is 24.9 Å². The van der Waals surface area contributed by atoms with E-state index in [1.807, 2.05) is 6.92 Å². The van der Waals surface area contributed by atoms with Gasteiger partial charge in [-0.3, -0.25) is 4.98 Å². The summed E-state index contributed by atoms with van der Waals surface area (Å²) in [7, 11) is 0. The fourth-order valence-electron chi connectivity index (χ4n) is 1.73. The zero-order chi connectivity index (χ0) is 14.0. The van der Waals surface area contributed by atoms with E-state index in [4.69, 9.17) is 34.8 Å². The van der Waals surface area contributed by atoms with Crippen LogP contribution in [0.5, 0.6) is 0 Å². The zero-order valence-electron chi connectivity index (χ0n) is 9.92. The maximum Gasteiger partial charge on any atom is 0.142 e. The summed E-state index contributed by atoms with van der Waals surface area (Å²) >= 11 is 18.0. The normalized spacial score (nSPS) is 12.3. The van der Waals surface area contributed by atoms with E-state index in [-0.39, 0.29) is 11.1 Å². The molecule has 0 aliphatic carbocycles. The van der Waals surface area contributed by atoms with Gasteiger partial charge in [-0.1, -0.05) is 34.8 Å². The molecule has 100 valence electrons. The van der Waals surface area contributed by atoms with Gasteiger partial charge < -0.3 is 5.32 Å². The molecule has 19 heavy (non-hydrogen) atoms. The van der Waals surface area contributed by atoms with Gasteiger partial charge in [-0.05, 0) is 25.1 Å². The monoisotopic (exact) mass is 318 g/mol. The van der Waals surface area contributed by atoms with Crippen molar-refractivity contribution < 1.29 is 4.39 Å². The highest BCUT2D eigenvalue weighted by atomic mass is 35.5. The molecule has 1 aromatic heterocycles. The molecule has 0 saturated heterocycles. The first-order chi connectivity index (χ1) is 9.00. The van der Waals surface area contributed by atoms with E-state index < -0.39 is 5.82 Å². The number of aromatic nitrogens is 1. The van der Waals surface area contributed by atoms with E-state index in [2.05, 4.69) is 10.3 Å². The highest BCUT2D eigenvalue weighted by Crippen LogP contribution is 2.34. The molecule has 1 N–H and O–H groups in total. The van der Waals surface area contributed by atoms with Gasteiger partial charge in [0.25, 0.3) is 0 Å². The Labute approximate surface area is 125 Å².